The van der Waals surface area contributed by atoms with Gasteiger partial charge in [0.1, 0.15) is 11.2 Å². The Kier molecular flexibility index (Phi) is 7.04. The molecule has 0 atom stereocenters. The molecule has 10 rings (SSSR count). The van der Waals surface area contributed by atoms with Gasteiger partial charge in [-0.1, -0.05) is 140 Å². The summed E-state index contributed by atoms with van der Waals surface area (Å²) >= 11 is 1.86. The molecule has 0 fully saturated rings. The second-order valence-electron chi connectivity index (χ2n) is 12.9. The highest BCUT2D eigenvalue weighted by molar-refractivity contribution is 7.25. The van der Waals surface area contributed by atoms with Crippen molar-refractivity contribution in [3.63, 3.8) is 0 Å². The molecule has 0 radical (unpaired) electrons. The van der Waals surface area contributed by atoms with Crippen LogP contribution in [0.2, 0.25) is 0 Å². The lowest BCUT2D eigenvalue weighted by molar-refractivity contribution is 0.669. The predicted molar refractivity (Wildman–Crippen MR) is 218 cm³/mol. The van der Waals surface area contributed by atoms with Gasteiger partial charge in [0.2, 0.25) is 0 Å². The maximum atomic E-state index is 6.30. The lowest BCUT2D eigenvalue weighted by Crippen LogP contribution is -2.13. The van der Waals surface area contributed by atoms with Crippen molar-refractivity contribution in [3.8, 4) is 33.4 Å². The number of hydrogen-bond donors (Lipinski definition) is 0. The molecule has 51 heavy (non-hydrogen) atoms. The van der Waals surface area contributed by atoms with E-state index >= 15 is 0 Å². The average Bonchev–Trinajstić information content (AvgIpc) is 3.76. The number of para-hydroxylation sites is 2. The van der Waals surface area contributed by atoms with Gasteiger partial charge in [0.05, 0.1) is 11.4 Å². The third kappa shape index (κ3) is 5.01. The van der Waals surface area contributed by atoms with E-state index in [-0.39, 0.29) is 0 Å². The van der Waals surface area contributed by atoms with E-state index in [1.165, 1.54) is 42.4 Å². The van der Waals surface area contributed by atoms with Crippen molar-refractivity contribution >= 4 is 70.5 Å². The monoisotopic (exact) mass is 669 g/mol. The number of anilines is 3. The largest absolute Gasteiger partial charge is 0.456 e. The second-order valence-corrected chi connectivity index (χ2v) is 14.0. The lowest BCUT2D eigenvalue weighted by Gasteiger charge is -2.31. The Bertz CT molecular complexity index is 2870. The highest BCUT2D eigenvalue weighted by Gasteiger charge is 2.24. The van der Waals surface area contributed by atoms with Crippen molar-refractivity contribution in [3.05, 3.63) is 188 Å². The van der Waals surface area contributed by atoms with Crippen LogP contribution in [-0.2, 0) is 0 Å². The van der Waals surface area contributed by atoms with Gasteiger partial charge in [0, 0.05) is 47.8 Å². The van der Waals surface area contributed by atoms with Crippen LogP contribution in [0.15, 0.2) is 192 Å². The van der Waals surface area contributed by atoms with Crippen LogP contribution in [0, 0.1) is 0 Å². The first-order chi connectivity index (χ1) is 25.3. The van der Waals surface area contributed by atoms with Gasteiger partial charge >= 0.3 is 0 Å². The quantitative estimate of drug-likeness (QED) is 0.175. The minimum Gasteiger partial charge on any atom is -0.456 e. The molecule has 0 N–H and O–H groups in total. The average molecular weight is 670 g/mol. The highest BCUT2D eigenvalue weighted by atomic mass is 32.1. The van der Waals surface area contributed by atoms with E-state index in [2.05, 4.69) is 181 Å². The number of benzene rings is 8. The zero-order chi connectivity index (χ0) is 33.7. The fourth-order valence-electron chi connectivity index (χ4n) is 7.56. The molecule has 0 aliphatic rings. The standard InChI is InChI=1S/C48H31NOS/c1-3-14-32(15-4-1)36-18-7-10-22-42(36)49(35-27-29-45-41(31-35)38-19-8-11-24-44(38)50-45)43-23-13-21-37(48(43)33-16-5-2-6-17-33)34-26-28-40-39-20-9-12-25-46(39)51-47(40)30-34/h1-31H. The highest BCUT2D eigenvalue weighted by Crippen LogP contribution is 2.49. The van der Waals surface area contributed by atoms with Crippen LogP contribution in [0.5, 0.6) is 0 Å². The molecule has 2 aromatic heterocycles. The Morgan fingerprint density at radius 2 is 1.02 bits per heavy atom. The van der Waals surface area contributed by atoms with Crippen molar-refractivity contribution in [2.24, 2.45) is 0 Å². The molecule has 0 aliphatic carbocycles. The van der Waals surface area contributed by atoms with Crippen molar-refractivity contribution in [2.45, 2.75) is 0 Å². The molecule has 2 heterocycles. The Morgan fingerprint density at radius 1 is 0.373 bits per heavy atom. The predicted octanol–water partition coefficient (Wildman–Crippen LogP) is 14.4. The molecule has 0 unspecified atom stereocenters. The number of furan rings is 1. The van der Waals surface area contributed by atoms with E-state index < -0.39 is 0 Å². The molecule has 0 amide bonds. The van der Waals surface area contributed by atoms with Crippen molar-refractivity contribution in [1.82, 2.24) is 0 Å². The normalized spacial score (nSPS) is 11.5. The van der Waals surface area contributed by atoms with Gasteiger partial charge < -0.3 is 9.32 Å². The fraction of sp³-hybridized carbons (Fsp3) is 0. The third-order valence-corrected chi connectivity index (χ3v) is 11.0. The first-order valence-corrected chi connectivity index (χ1v) is 18.1. The minimum atomic E-state index is 0.880. The van der Waals surface area contributed by atoms with E-state index in [1.54, 1.807) is 0 Å². The van der Waals surface area contributed by atoms with Crippen LogP contribution in [0.25, 0.3) is 75.5 Å². The number of fused-ring (bicyclic) bond motifs is 6. The Balaban J connectivity index is 1.27. The molecule has 8 aromatic carbocycles. The SMILES string of the molecule is c1ccc(-c2ccccc2N(c2ccc3oc4ccccc4c3c2)c2cccc(-c3ccc4c(c3)sc3ccccc34)c2-c2ccccc2)cc1. The number of rotatable bonds is 6. The number of thiophene rings is 1. The van der Waals surface area contributed by atoms with Gasteiger partial charge in [0.15, 0.2) is 0 Å². The molecule has 0 bridgehead atoms. The van der Waals surface area contributed by atoms with Crippen LogP contribution >= 0.6 is 11.3 Å². The minimum absolute atomic E-state index is 0.880. The maximum Gasteiger partial charge on any atom is 0.135 e. The molecular formula is C48H31NOS. The Hall–Kier alpha value is -6.42. The summed E-state index contributed by atoms with van der Waals surface area (Å²) in [4.78, 5) is 2.44. The van der Waals surface area contributed by atoms with Crippen LogP contribution < -0.4 is 4.90 Å². The summed E-state index contributed by atoms with van der Waals surface area (Å²) in [7, 11) is 0. The topological polar surface area (TPSA) is 16.4 Å². The molecule has 240 valence electrons. The molecule has 3 heteroatoms. The molecule has 0 saturated heterocycles. The zero-order valence-corrected chi connectivity index (χ0v) is 28.5. The molecule has 10 aromatic rings. The number of hydrogen-bond acceptors (Lipinski definition) is 3. The summed E-state index contributed by atoms with van der Waals surface area (Å²) in [6.45, 7) is 0. The van der Waals surface area contributed by atoms with E-state index in [0.29, 0.717) is 0 Å². The summed E-state index contributed by atoms with van der Waals surface area (Å²) in [5.41, 5.74) is 12.1. The first-order valence-electron chi connectivity index (χ1n) is 17.3. The second kappa shape index (κ2) is 12.2. The van der Waals surface area contributed by atoms with Crippen molar-refractivity contribution < 1.29 is 4.42 Å². The van der Waals surface area contributed by atoms with E-state index in [1.807, 2.05) is 23.5 Å². The van der Waals surface area contributed by atoms with Crippen LogP contribution in [0.4, 0.5) is 17.1 Å². The van der Waals surface area contributed by atoms with Gasteiger partial charge in [-0.15, -0.1) is 11.3 Å². The van der Waals surface area contributed by atoms with E-state index in [9.17, 15) is 0 Å². The summed E-state index contributed by atoms with van der Waals surface area (Å²) in [5.74, 6) is 0. The van der Waals surface area contributed by atoms with Gasteiger partial charge in [-0.05, 0) is 70.8 Å². The number of nitrogens with zero attached hydrogens (tertiary/aromatic N) is 1. The van der Waals surface area contributed by atoms with Crippen LogP contribution in [0.1, 0.15) is 0 Å². The first kappa shape index (κ1) is 29.5. The van der Waals surface area contributed by atoms with Crippen molar-refractivity contribution in [1.29, 1.82) is 0 Å². The summed E-state index contributed by atoms with van der Waals surface area (Å²) in [6.07, 6.45) is 0. The maximum absolute atomic E-state index is 6.30. The smallest absolute Gasteiger partial charge is 0.135 e. The molecular weight excluding hydrogens is 639 g/mol. The van der Waals surface area contributed by atoms with Crippen molar-refractivity contribution in [2.75, 3.05) is 4.90 Å². The lowest BCUT2D eigenvalue weighted by atomic mass is 9.91. The fourth-order valence-corrected chi connectivity index (χ4v) is 8.71. The Morgan fingerprint density at radius 3 is 1.88 bits per heavy atom. The molecule has 0 aliphatic heterocycles. The van der Waals surface area contributed by atoms with Crippen LogP contribution in [-0.4, -0.2) is 0 Å². The third-order valence-electron chi connectivity index (χ3n) is 9.88. The van der Waals surface area contributed by atoms with Gasteiger partial charge in [-0.2, -0.15) is 0 Å². The van der Waals surface area contributed by atoms with Gasteiger partial charge in [0.25, 0.3) is 0 Å². The van der Waals surface area contributed by atoms with Gasteiger partial charge in [-0.25, -0.2) is 0 Å². The zero-order valence-electron chi connectivity index (χ0n) is 27.7. The van der Waals surface area contributed by atoms with Gasteiger partial charge in [-0.3, -0.25) is 0 Å². The van der Waals surface area contributed by atoms with Crippen LogP contribution in [0.3, 0.4) is 0 Å². The summed E-state index contributed by atoms with van der Waals surface area (Å²) < 4.78 is 8.91. The molecule has 0 saturated carbocycles. The summed E-state index contributed by atoms with van der Waals surface area (Å²) in [5, 5.41) is 4.82. The van der Waals surface area contributed by atoms with E-state index in [4.69, 9.17) is 4.42 Å². The van der Waals surface area contributed by atoms with E-state index in [0.717, 1.165) is 50.1 Å². The molecule has 2 nitrogen and oxygen atoms in total. The Labute approximate surface area is 300 Å². The molecule has 0 spiro atoms. The summed E-state index contributed by atoms with van der Waals surface area (Å²) in [6, 6.07) is 67.5.